The molecule has 3 aromatic rings. The van der Waals surface area contributed by atoms with Gasteiger partial charge in [0.15, 0.2) is 0 Å². The fraction of sp³-hybridized carbons (Fsp3) is 0.190. The van der Waals surface area contributed by atoms with Crippen LogP contribution in [0.25, 0.3) is 11.1 Å². The van der Waals surface area contributed by atoms with Crippen molar-refractivity contribution >= 4 is 5.91 Å². The molecule has 138 valence electrons. The van der Waals surface area contributed by atoms with E-state index in [0.29, 0.717) is 23.4 Å². The molecule has 0 aliphatic heterocycles. The van der Waals surface area contributed by atoms with E-state index in [1.807, 2.05) is 12.1 Å². The number of primary amides is 1. The minimum atomic E-state index is -1.02. The van der Waals surface area contributed by atoms with Crippen LogP contribution in [-0.2, 0) is 16.6 Å². The maximum Gasteiger partial charge on any atom is 0.229 e. The van der Waals surface area contributed by atoms with Crippen molar-refractivity contribution in [3.63, 3.8) is 0 Å². The summed E-state index contributed by atoms with van der Waals surface area (Å²) in [6.07, 6.45) is 5.35. The monoisotopic (exact) mass is 365 g/mol. The van der Waals surface area contributed by atoms with Crippen LogP contribution in [0.5, 0.6) is 5.75 Å². The molecule has 0 radical (unpaired) electrons. The normalized spacial score (nSPS) is 13.0. The molecule has 2 aromatic heterocycles. The summed E-state index contributed by atoms with van der Waals surface area (Å²) in [5, 5.41) is 0. The molecule has 0 saturated heterocycles. The average Bonchev–Trinajstić information content (AvgIpc) is 2.68. The lowest BCUT2D eigenvalue weighted by atomic mass is 9.79. The first-order valence-corrected chi connectivity index (χ1v) is 8.43. The number of halogens is 1. The number of hydrogen-bond donors (Lipinski definition) is 1. The predicted molar refractivity (Wildman–Crippen MR) is 101 cm³/mol. The van der Waals surface area contributed by atoms with E-state index in [2.05, 4.69) is 9.97 Å². The zero-order valence-corrected chi connectivity index (χ0v) is 15.1. The minimum Gasteiger partial charge on any atom is -0.496 e. The molecule has 0 saturated carbocycles. The molecule has 1 aromatic carbocycles. The molecule has 6 heteroatoms. The second-order valence-corrected chi connectivity index (χ2v) is 6.51. The lowest BCUT2D eigenvalue weighted by molar-refractivity contribution is -0.123. The quantitative estimate of drug-likeness (QED) is 0.727. The molecule has 1 amide bonds. The van der Waals surface area contributed by atoms with Gasteiger partial charge in [0, 0.05) is 30.2 Å². The van der Waals surface area contributed by atoms with E-state index in [9.17, 15) is 9.18 Å². The van der Waals surface area contributed by atoms with Crippen molar-refractivity contribution < 1.29 is 13.9 Å². The molecule has 27 heavy (non-hydrogen) atoms. The zero-order valence-electron chi connectivity index (χ0n) is 15.1. The number of nitrogens with two attached hydrogens (primary N) is 1. The van der Waals surface area contributed by atoms with Gasteiger partial charge in [0.2, 0.25) is 5.91 Å². The van der Waals surface area contributed by atoms with E-state index < -0.39 is 11.3 Å². The largest absolute Gasteiger partial charge is 0.496 e. The summed E-state index contributed by atoms with van der Waals surface area (Å²) in [5.41, 5.74) is 7.59. The Kier molecular flexibility index (Phi) is 5.16. The van der Waals surface area contributed by atoms with Crippen LogP contribution in [-0.4, -0.2) is 23.0 Å². The third kappa shape index (κ3) is 3.79. The Morgan fingerprint density at radius 2 is 2.04 bits per heavy atom. The predicted octanol–water partition coefficient (Wildman–Crippen LogP) is 3.28. The second kappa shape index (κ2) is 7.53. The maximum atomic E-state index is 13.5. The number of pyridine rings is 2. The van der Waals surface area contributed by atoms with Gasteiger partial charge in [0.1, 0.15) is 11.6 Å². The van der Waals surface area contributed by atoms with Crippen LogP contribution < -0.4 is 10.5 Å². The molecular formula is C21H20FN3O2. The summed E-state index contributed by atoms with van der Waals surface area (Å²) in [6.45, 7) is 1.76. The van der Waals surface area contributed by atoms with Crippen molar-refractivity contribution in [3.8, 4) is 16.9 Å². The highest BCUT2D eigenvalue weighted by molar-refractivity contribution is 5.86. The topological polar surface area (TPSA) is 78.1 Å². The van der Waals surface area contributed by atoms with Gasteiger partial charge in [0.25, 0.3) is 0 Å². The molecule has 0 bridgehead atoms. The van der Waals surface area contributed by atoms with Gasteiger partial charge in [-0.15, -0.1) is 0 Å². The molecule has 0 aliphatic rings. The van der Waals surface area contributed by atoms with Crippen LogP contribution in [0, 0.1) is 5.82 Å². The molecule has 0 aliphatic carbocycles. The van der Waals surface area contributed by atoms with Crippen LogP contribution in [0.15, 0.2) is 61.1 Å². The van der Waals surface area contributed by atoms with Crippen LogP contribution in [0.1, 0.15) is 18.2 Å². The number of hydrogen-bond acceptors (Lipinski definition) is 4. The molecule has 2 heterocycles. The highest BCUT2D eigenvalue weighted by Crippen LogP contribution is 2.34. The number of ether oxygens (including phenoxy) is 1. The molecule has 1 unspecified atom stereocenters. The van der Waals surface area contributed by atoms with Crippen molar-refractivity contribution in [2.24, 2.45) is 5.73 Å². The first-order valence-electron chi connectivity index (χ1n) is 8.43. The van der Waals surface area contributed by atoms with Gasteiger partial charge in [-0.05, 0) is 54.8 Å². The molecule has 3 rings (SSSR count). The van der Waals surface area contributed by atoms with Gasteiger partial charge in [-0.25, -0.2) is 4.39 Å². The zero-order chi connectivity index (χ0) is 19.4. The first-order chi connectivity index (χ1) is 12.9. The lowest BCUT2D eigenvalue weighted by Crippen LogP contribution is -2.41. The SMILES string of the molecule is COc1cc(F)ccc1-c1ccnc(C(C)(Cc2cccnc2)C(N)=O)c1. The molecule has 0 fully saturated rings. The number of benzene rings is 1. The van der Waals surface area contributed by atoms with E-state index in [-0.39, 0.29) is 5.82 Å². The fourth-order valence-electron chi connectivity index (χ4n) is 3.02. The van der Waals surface area contributed by atoms with Gasteiger partial charge in [-0.3, -0.25) is 14.8 Å². The number of nitrogens with zero attached hydrogens (tertiary/aromatic N) is 2. The number of carbonyl (C=O) groups excluding carboxylic acids is 1. The molecule has 1 atom stereocenters. The van der Waals surface area contributed by atoms with E-state index in [4.69, 9.17) is 10.5 Å². The van der Waals surface area contributed by atoms with E-state index in [0.717, 1.165) is 11.1 Å². The smallest absolute Gasteiger partial charge is 0.229 e. The van der Waals surface area contributed by atoms with Crippen LogP contribution >= 0.6 is 0 Å². The van der Waals surface area contributed by atoms with Gasteiger partial charge < -0.3 is 10.5 Å². The Balaban J connectivity index is 2.06. The molecule has 0 spiro atoms. The third-order valence-electron chi connectivity index (χ3n) is 4.62. The van der Waals surface area contributed by atoms with Crippen molar-refractivity contribution in [2.45, 2.75) is 18.8 Å². The standard InChI is InChI=1S/C21H20FN3O2/c1-21(20(23)26,12-14-4-3-8-24-13-14)19-10-15(7-9-25-19)17-6-5-16(22)11-18(17)27-2/h3-11,13H,12H2,1-2H3,(H2,23,26). The summed E-state index contributed by atoms with van der Waals surface area (Å²) in [6, 6.07) is 11.6. The first kappa shape index (κ1) is 18.5. The highest BCUT2D eigenvalue weighted by Gasteiger charge is 2.35. The van der Waals surface area contributed by atoms with Crippen LogP contribution in [0.3, 0.4) is 0 Å². The van der Waals surface area contributed by atoms with Gasteiger partial charge >= 0.3 is 0 Å². The minimum absolute atomic E-state index is 0.368. The Morgan fingerprint density at radius 1 is 1.22 bits per heavy atom. The van der Waals surface area contributed by atoms with E-state index in [1.165, 1.54) is 19.2 Å². The van der Waals surface area contributed by atoms with Gasteiger partial charge in [0.05, 0.1) is 18.2 Å². The average molecular weight is 365 g/mol. The summed E-state index contributed by atoms with van der Waals surface area (Å²) in [4.78, 5) is 20.8. The lowest BCUT2D eigenvalue weighted by Gasteiger charge is -2.26. The van der Waals surface area contributed by atoms with Gasteiger partial charge in [-0.2, -0.15) is 0 Å². The molecular weight excluding hydrogens is 345 g/mol. The van der Waals surface area contributed by atoms with Crippen molar-refractivity contribution in [1.82, 2.24) is 9.97 Å². The number of amides is 1. The van der Waals surface area contributed by atoms with Crippen molar-refractivity contribution in [3.05, 3.63) is 78.1 Å². The fourth-order valence-corrected chi connectivity index (χ4v) is 3.02. The van der Waals surface area contributed by atoms with Crippen molar-refractivity contribution in [1.29, 1.82) is 0 Å². The molecule has 5 nitrogen and oxygen atoms in total. The second-order valence-electron chi connectivity index (χ2n) is 6.51. The number of rotatable bonds is 6. The van der Waals surface area contributed by atoms with E-state index in [1.54, 1.807) is 43.7 Å². The summed E-state index contributed by atoms with van der Waals surface area (Å²) >= 11 is 0. The number of methoxy groups -OCH3 is 1. The molecule has 2 N–H and O–H groups in total. The van der Waals surface area contributed by atoms with Crippen molar-refractivity contribution in [2.75, 3.05) is 7.11 Å². The Bertz CT molecular complexity index is 963. The Labute approximate surface area is 157 Å². The Morgan fingerprint density at radius 3 is 2.70 bits per heavy atom. The summed E-state index contributed by atoms with van der Waals surface area (Å²) in [5.74, 6) is -0.467. The third-order valence-corrected chi connectivity index (χ3v) is 4.62. The Hall–Kier alpha value is -3.28. The number of carbonyl (C=O) groups is 1. The highest BCUT2D eigenvalue weighted by atomic mass is 19.1. The van der Waals surface area contributed by atoms with Crippen LogP contribution in [0.4, 0.5) is 4.39 Å². The van der Waals surface area contributed by atoms with E-state index >= 15 is 0 Å². The maximum absolute atomic E-state index is 13.5. The summed E-state index contributed by atoms with van der Waals surface area (Å²) in [7, 11) is 1.48. The van der Waals surface area contributed by atoms with Crippen LogP contribution in [0.2, 0.25) is 0 Å². The van der Waals surface area contributed by atoms with Gasteiger partial charge in [-0.1, -0.05) is 6.07 Å². The number of aromatic nitrogens is 2. The summed E-state index contributed by atoms with van der Waals surface area (Å²) < 4.78 is 18.8.